The Morgan fingerprint density at radius 2 is 1.71 bits per heavy atom. The van der Waals surface area contributed by atoms with Crippen molar-refractivity contribution in [2.45, 2.75) is 12.8 Å². The molecule has 0 radical (unpaired) electrons. The summed E-state index contributed by atoms with van der Waals surface area (Å²) in [5.74, 6) is -1.12. The highest BCUT2D eigenvalue weighted by Gasteiger charge is 2.18. The number of hydrogen-bond donors (Lipinski definition) is 3. The van der Waals surface area contributed by atoms with Gasteiger partial charge < -0.3 is 20.6 Å². The summed E-state index contributed by atoms with van der Waals surface area (Å²) in [7, 11) is 0. The number of carbonyl (C=O) groups excluding carboxylic acids is 2. The van der Waals surface area contributed by atoms with Crippen molar-refractivity contribution in [3.63, 3.8) is 0 Å². The van der Waals surface area contributed by atoms with E-state index in [1.807, 2.05) is 0 Å². The molecule has 1 saturated heterocycles. The lowest BCUT2D eigenvalue weighted by atomic mass is 10.2. The Bertz CT molecular complexity index is 536. The Hall–Kier alpha value is -2.57. The number of hydrogen-bond acceptors (Lipinski definition) is 3. The lowest BCUT2D eigenvalue weighted by molar-refractivity contribution is -0.128. The minimum atomic E-state index is -1.03. The standard InChI is InChI=1S/C14H17N3O4/c18-12(17-7-1-2-8-17)9-15-14(21)16-11-5-3-10(4-6-11)13(19)20/h3-6H,1-2,7-9H2,(H,19,20)(H2,15,16,21). The first-order valence-corrected chi connectivity index (χ1v) is 6.72. The fourth-order valence-electron chi connectivity index (χ4n) is 2.11. The van der Waals surface area contributed by atoms with Gasteiger partial charge in [0.25, 0.3) is 0 Å². The van der Waals surface area contributed by atoms with Gasteiger partial charge in [0.2, 0.25) is 5.91 Å². The molecule has 112 valence electrons. The number of benzene rings is 1. The molecule has 0 saturated carbocycles. The lowest BCUT2D eigenvalue weighted by Crippen LogP contribution is -2.40. The van der Waals surface area contributed by atoms with Crippen LogP contribution >= 0.6 is 0 Å². The van der Waals surface area contributed by atoms with Crippen molar-refractivity contribution in [1.29, 1.82) is 0 Å². The first kappa shape index (κ1) is 14.8. The zero-order chi connectivity index (χ0) is 15.2. The first-order chi connectivity index (χ1) is 10.1. The number of rotatable bonds is 4. The molecule has 1 aromatic rings. The summed E-state index contributed by atoms with van der Waals surface area (Å²) >= 11 is 0. The monoisotopic (exact) mass is 291 g/mol. The molecule has 1 aromatic carbocycles. The van der Waals surface area contributed by atoms with Crippen LogP contribution in [0.15, 0.2) is 24.3 Å². The fraction of sp³-hybridized carbons (Fsp3) is 0.357. The van der Waals surface area contributed by atoms with Gasteiger partial charge in [-0.1, -0.05) is 0 Å². The SMILES string of the molecule is O=C(NCC(=O)N1CCCC1)Nc1ccc(C(=O)O)cc1. The zero-order valence-electron chi connectivity index (χ0n) is 11.5. The van der Waals surface area contributed by atoms with Crippen LogP contribution in [0.3, 0.4) is 0 Å². The quantitative estimate of drug-likeness (QED) is 0.774. The maximum absolute atomic E-state index is 11.7. The van der Waals surface area contributed by atoms with E-state index in [1.165, 1.54) is 24.3 Å². The molecule has 0 aromatic heterocycles. The van der Waals surface area contributed by atoms with Gasteiger partial charge in [0.05, 0.1) is 12.1 Å². The molecular weight excluding hydrogens is 274 g/mol. The predicted octanol–water partition coefficient (Wildman–Crippen LogP) is 1.13. The van der Waals surface area contributed by atoms with Crippen molar-refractivity contribution in [2.24, 2.45) is 0 Å². The number of anilines is 1. The molecule has 1 fully saturated rings. The van der Waals surface area contributed by atoms with E-state index < -0.39 is 12.0 Å². The molecule has 1 aliphatic heterocycles. The zero-order valence-corrected chi connectivity index (χ0v) is 11.5. The van der Waals surface area contributed by atoms with Crippen LogP contribution in [0.2, 0.25) is 0 Å². The molecule has 0 spiro atoms. The molecule has 0 atom stereocenters. The Morgan fingerprint density at radius 3 is 2.29 bits per heavy atom. The maximum atomic E-state index is 11.7. The fourth-order valence-corrected chi connectivity index (χ4v) is 2.11. The molecule has 7 heteroatoms. The van der Waals surface area contributed by atoms with E-state index >= 15 is 0 Å². The molecule has 7 nitrogen and oxygen atoms in total. The number of nitrogens with one attached hydrogen (secondary N) is 2. The molecule has 1 aliphatic rings. The minimum absolute atomic E-state index is 0.0426. The van der Waals surface area contributed by atoms with Gasteiger partial charge in [0.1, 0.15) is 0 Å². The second-order valence-electron chi connectivity index (χ2n) is 4.78. The van der Waals surface area contributed by atoms with Crippen molar-refractivity contribution >= 4 is 23.6 Å². The average Bonchev–Trinajstić information content (AvgIpc) is 2.99. The van der Waals surface area contributed by atoms with Gasteiger partial charge in [-0.15, -0.1) is 0 Å². The van der Waals surface area contributed by atoms with Crippen LogP contribution in [0.4, 0.5) is 10.5 Å². The van der Waals surface area contributed by atoms with E-state index in [0.29, 0.717) is 5.69 Å². The van der Waals surface area contributed by atoms with Crippen molar-refractivity contribution < 1.29 is 19.5 Å². The lowest BCUT2D eigenvalue weighted by Gasteiger charge is -2.15. The third-order valence-electron chi connectivity index (χ3n) is 3.25. The van der Waals surface area contributed by atoms with Gasteiger partial charge in [0, 0.05) is 18.8 Å². The van der Waals surface area contributed by atoms with Crippen LogP contribution < -0.4 is 10.6 Å². The average molecular weight is 291 g/mol. The van der Waals surface area contributed by atoms with E-state index in [-0.39, 0.29) is 18.0 Å². The molecule has 3 N–H and O–H groups in total. The highest BCUT2D eigenvalue weighted by atomic mass is 16.4. The molecular formula is C14H17N3O4. The molecule has 1 heterocycles. The van der Waals surface area contributed by atoms with Crippen LogP contribution in [0.1, 0.15) is 23.2 Å². The van der Waals surface area contributed by atoms with Gasteiger partial charge in [-0.3, -0.25) is 4.79 Å². The van der Waals surface area contributed by atoms with Gasteiger partial charge in [-0.2, -0.15) is 0 Å². The summed E-state index contributed by atoms with van der Waals surface area (Å²) < 4.78 is 0. The highest BCUT2D eigenvalue weighted by Crippen LogP contribution is 2.09. The maximum Gasteiger partial charge on any atom is 0.335 e. The summed E-state index contributed by atoms with van der Waals surface area (Å²) in [6, 6.07) is 5.28. The molecule has 3 amide bonds. The van der Waals surface area contributed by atoms with Crippen molar-refractivity contribution in [3.8, 4) is 0 Å². The van der Waals surface area contributed by atoms with Crippen LogP contribution in [0.25, 0.3) is 0 Å². The van der Waals surface area contributed by atoms with Gasteiger partial charge in [-0.25, -0.2) is 9.59 Å². The number of aromatic carboxylic acids is 1. The van der Waals surface area contributed by atoms with Crippen molar-refractivity contribution in [3.05, 3.63) is 29.8 Å². The summed E-state index contributed by atoms with van der Waals surface area (Å²) in [4.78, 5) is 35.8. The highest BCUT2D eigenvalue weighted by molar-refractivity contribution is 5.93. The predicted molar refractivity (Wildman–Crippen MR) is 76.2 cm³/mol. The number of amides is 3. The second kappa shape index (κ2) is 6.74. The summed E-state index contributed by atoms with van der Waals surface area (Å²) in [5, 5.41) is 13.8. The first-order valence-electron chi connectivity index (χ1n) is 6.72. The van der Waals surface area contributed by atoms with E-state index in [9.17, 15) is 14.4 Å². The normalized spacial score (nSPS) is 13.8. The minimum Gasteiger partial charge on any atom is -0.478 e. The molecule has 0 bridgehead atoms. The molecule has 0 aliphatic carbocycles. The van der Waals surface area contributed by atoms with Crippen LogP contribution in [0, 0.1) is 0 Å². The summed E-state index contributed by atoms with van der Waals surface area (Å²) in [5.41, 5.74) is 0.608. The molecule has 21 heavy (non-hydrogen) atoms. The third-order valence-corrected chi connectivity index (χ3v) is 3.25. The number of carboxylic acids is 1. The number of urea groups is 1. The summed E-state index contributed by atoms with van der Waals surface area (Å²) in [6.45, 7) is 1.45. The van der Waals surface area contributed by atoms with Crippen LogP contribution in [-0.2, 0) is 4.79 Å². The molecule has 0 unspecified atom stereocenters. The molecule has 2 rings (SSSR count). The van der Waals surface area contributed by atoms with E-state index in [1.54, 1.807) is 4.90 Å². The largest absolute Gasteiger partial charge is 0.478 e. The Morgan fingerprint density at radius 1 is 1.10 bits per heavy atom. The Balaban J connectivity index is 1.78. The Labute approximate surface area is 121 Å². The third kappa shape index (κ3) is 4.20. The number of carboxylic acid groups (broad SMARTS) is 1. The van der Waals surface area contributed by atoms with Crippen LogP contribution in [0.5, 0.6) is 0 Å². The van der Waals surface area contributed by atoms with Crippen LogP contribution in [-0.4, -0.2) is 47.5 Å². The Kier molecular flexibility index (Phi) is 4.76. The van der Waals surface area contributed by atoms with Gasteiger partial charge >= 0.3 is 12.0 Å². The van der Waals surface area contributed by atoms with Gasteiger partial charge in [-0.05, 0) is 37.1 Å². The number of carbonyl (C=O) groups is 3. The van der Waals surface area contributed by atoms with Gasteiger partial charge in [0.15, 0.2) is 0 Å². The summed E-state index contributed by atoms with van der Waals surface area (Å²) in [6.07, 6.45) is 2.02. The van der Waals surface area contributed by atoms with Crippen molar-refractivity contribution in [2.75, 3.05) is 25.0 Å². The second-order valence-corrected chi connectivity index (χ2v) is 4.78. The topological polar surface area (TPSA) is 98.7 Å². The number of likely N-dealkylation sites (tertiary alicyclic amines) is 1. The smallest absolute Gasteiger partial charge is 0.335 e. The van der Waals surface area contributed by atoms with E-state index in [4.69, 9.17) is 5.11 Å². The van der Waals surface area contributed by atoms with Crippen molar-refractivity contribution in [1.82, 2.24) is 10.2 Å². The van der Waals surface area contributed by atoms with E-state index in [0.717, 1.165) is 25.9 Å². The van der Waals surface area contributed by atoms with E-state index in [2.05, 4.69) is 10.6 Å². The number of nitrogens with zero attached hydrogens (tertiary/aromatic N) is 1.